The smallest absolute Gasteiger partial charge is 0.292 e. The molecule has 3 nitrogen and oxygen atoms in total. The minimum absolute atomic E-state index is 0.206. The number of pyridine rings is 1. The Morgan fingerprint density at radius 3 is 2.50 bits per heavy atom. The van der Waals surface area contributed by atoms with Crippen LogP contribution in [0.5, 0.6) is 0 Å². The second-order valence-corrected chi connectivity index (χ2v) is 5.99. The second-order valence-electron chi connectivity index (χ2n) is 5.59. The molecule has 0 unspecified atom stereocenters. The first-order valence-corrected chi connectivity index (χ1v) is 7.99. The van der Waals surface area contributed by atoms with Crippen molar-refractivity contribution in [3.63, 3.8) is 0 Å². The topological polar surface area (TPSA) is 30.7 Å². The highest BCUT2D eigenvalue weighted by Crippen LogP contribution is 2.38. The largest absolute Gasteiger partial charge is 0.417 e. The van der Waals surface area contributed by atoms with Gasteiger partial charge in [0.2, 0.25) is 0 Å². The van der Waals surface area contributed by atoms with Gasteiger partial charge in [-0.2, -0.15) is 13.2 Å². The molecule has 129 valence electrons. The van der Waals surface area contributed by atoms with Crippen molar-refractivity contribution in [1.82, 2.24) is 14.5 Å². The minimum Gasteiger partial charge on any atom is -0.292 e. The minimum atomic E-state index is -4.55. The fraction of sp³-hybridized carbons (Fsp3) is 0.0526. The predicted molar refractivity (Wildman–Crippen MR) is 93.1 cm³/mol. The van der Waals surface area contributed by atoms with Crippen LogP contribution in [0.4, 0.5) is 13.2 Å². The molecule has 26 heavy (non-hydrogen) atoms. The zero-order valence-corrected chi connectivity index (χ0v) is 13.9. The fourth-order valence-corrected chi connectivity index (χ4v) is 3.06. The zero-order chi connectivity index (χ0) is 18.3. The molecule has 0 bridgehead atoms. The number of benzene rings is 2. The summed E-state index contributed by atoms with van der Waals surface area (Å²) in [6.45, 7) is 0. The maximum absolute atomic E-state index is 13.2. The highest BCUT2D eigenvalue weighted by molar-refractivity contribution is 6.32. The zero-order valence-electron chi connectivity index (χ0n) is 13.1. The third-order valence-electron chi connectivity index (χ3n) is 3.94. The molecule has 0 amide bonds. The van der Waals surface area contributed by atoms with Gasteiger partial charge in [-0.25, -0.2) is 4.98 Å². The van der Waals surface area contributed by atoms with Crippen LogP contribution in [0.1, 0.15) is 5.56 Å². The number of nitrogens with zero attached hydrogens (tertiary/aromatic N) is 3. The van der Waals surface area contributed by atoms with Crippen LogP contribution in [0.3, 0.4) is 0 Å². The van der Waals surface area contributed by atoms with Crippen molar-refractivity contribution in [2.24, 2.45) is 0 Å². The number of fused-ring (bicyclic) bond motifs is 1. The standard InChI is InChI=1S/C19H10ClF3N3/c20-15-11-17-16(10-14(15)19(21,22)23)25-18(12-6-8-24-9-7-12)26(17)13-4-2-1-3-5-13/h1-2,4-11H. The molecule has 2 aromatic carbocycles. The van der Waals surface area contributed by atoms with Gasteiger partial charge >= 0.3 is 6.18 Å². The summed E-state index contributed by atoms with van der Waals surface area (Å²) in [6.07, 6.45) is -1.35. The van der Waals surface area contributed by atoms with Crippen LogP contribution in [0, 0.1) is 6.07 Å². The van der Waals surface area contributed by atoms with Gasteiger partial charge in [0.1, 0.15) is 5.82 Å². The molecule has 0 aliphatic rings. The molecular formula is C19H10ClF3N3. The Morgan fingerprint density at radius 2 is 1.85 bits per heavy atom. The Bertz CT molecular complexity index is 1070. The number of rotatable bonds is 2. The lowest BCUT2D eigenvalue weighted by molar-refractivity contribution is -0.137. The van der Waals surface area contributed by atoms with Gasteiger partial charge in [0, 0.05) is 23.6 Å². The van der Waals surface area contributed by atoms with E-state index in [1.165, 1.54) is 6.07 Å². The van der Waals surface area contributed by atoms with Gasteiger partial charge in [-0.3, -0.25) is 9.55 Å². The van der Waals surface area contributed by atoms with Gasteiger partial charge in [-0.05, 0) is 42.5 Å². The highest BCUT2D eigenvalue weighted by atomic mass is 35.5. The molecule has 0 aliphatic heterocycles. The monoisotopic (exact) mass is 372 g/mol. The molecule has 4 aromatic rings. The summed E-state index contributed by atoms with van der Waals surface area (Å²) in [5, 5.41) is -0.368. The SMILES string of the molecule is FC(F)(F)c1cc2nc(-c3ccncc3)n(-c3c[c]ccc3)c2cc1Cl. The molecule has 0 atom stereocenters. The summed E-state index contributed by atoms with van der Waals surface area (Å²) in [7, 11) is 0. The van der Waals surface area contributed by atoms with E-state index in [9.17, 15) is 13.2 Å². The Hall–Kier alpha value is -2.86. The molecule has 0 saturated heterocycles. The molecule has 2 aromatic heterocycles. The fourth-order valence-electron chi connectivity index (χ4n) is 2.79. The maximum atomic E-state index is 13.2. The van der Waals surface area contributed by atoms with Crippen LogP contribution >= 0.6 is 11.6 Å². The van der Waals surface area contributed by atoms with Crippen LogP contribution in [0.2, 0.25) is 5.02 Å². The van der Waals surface area contributed by atoms with Gasteiger partial charge in [-0.15, -0.1) is 0 Å². The molecule has 0 spiro atoms. The first-order valence-electron chi connectivity index (χ1n) is 7.61. The van der Waals surface area contributed by atoms with Crippen LogP contribution in [0.25, 0.3) is 28.1 Å². The normalized spacial score (nSPS) is 11.8. The quantitative estimate of drug-likeness (QED) is 0.461. The van der Waals surface area contributed by atoms with E-state index in [1.807, 2.05) is 6.07 Å². The first-order chi connectivity index (χ1) is 12.4. The first kappa shape index (κ1) is 16.6. The van der Waals surface area contributed by atoms with Crippen molar-refractivity contribution in [2.75, 3.05) is 0 Å². The summed E-state index contributed by atoms with van der Waals surface area (Å²) < 4.78 is 41.3. The summed E-state index contributed by atoms with van der Waals surface area (Å²) in [4.78, 5) is 8.41. The van der Waals surface area contributed by atoms with Crippen molar-refractivity contribution in [1.29, 1.82) is 0 Å². The lowest BCUT2D eigenvalue weighted by Gasteiger charge is -2.11. The Balaban J connectivity index is 2.07. The number of aromatic nitrogens is 3. The van der Waals surface area contributed by atoms with Gasteiger partial charge in [-0.1, -0.05) is 23.7 Å². The summed E-state index contributed by atoms with van der Waals surface area (Å²) in [6, 6.07) is 15.8. The molecular weight excluding hydrogens is 363 g/mol. The van der Waals surface area contributed by atoms with E-state index < -0.39 is 11.7 Å². The van der Waals surface area contributed by atoms with E-state index in [1.54, 1.807) is 47.3 Å². The van der Waals surface area contributed by atoms with Gasteiger partial charge in [0.15, 0.2) is 0 Å². The van der Waals surface area contributed by atoms with Gasteiger partial charge < -0.3 is 0 Å². The van der Waals surface area contributed by atoms with Crippen LogP contribution in [-0.2, 0) is 6.18 Å². The van der Waals surface area contributed by atoms with E-state index >= 15 is 0 Å². The summed E-state index contributed by atoms with van der Waals surface area (Å²) in [5.74, 6) is 0.498. The number of alkyl halides is 3. The number of imidazole rings is 1. The van der Waals surface area contributed by atoms with E-state index in [-0.39, 0.29) is 10.5 Å². The van der Waals surface area contributed by atoms with Crippen LogP contribution in [0.15, 0.2) is 60.9 Å². The number of hydrogen-bond acceptors (Lipinski definition) is 2. The van der Waals surface area contributed by atoms with Crippen molar-refractivity contribution >= 4 is 22.6 Å². The van der Waals surface area contributed by atoms with E-state index in [2.05, 4.69) is 16.0 Å². The lowest BCUT2D eigenvalue weighted by atomic mass is 10.2. The molecule has 0 aliphatic carbocycles. The average molecular weight is 373 g/mol. The predicted octanol–water partition coefficient (Wildman–Crippen LogP) is 5.56. The van der Waals surface area contributed by atoms with Crippen molar-refractivity contribution < 1.29 is 13.2 Å². The number of hydrogen-bond donors (Lipinski definition) is 0. The van der Waals surface area contributed by atoms with Gasteiger partial charge in [0.05, 0.1) is 21.6 Å². The van der Waals surface area contributed by atoms with Crippen molar-refractivity contribution in [3.05, 3.63) is 77.6 Å². The molecule has 7 heteroatoms. The third kappa shape index (κ3) is 2.82. The Morgan fingerprint density at radius 1 is 1.08 bits per heavy atom. The van der Waals surface area contributed by atoms with E-state index in [4.69, 9.17) is 11.6 Å². The highest BCUT2D eigenvalue weighted by Gasteiger charge is 2.34. The molecule has 0 fully saturated rings. The van der Waals surface area contributed by atoms with Gasteiger partial charge in [0.25, 0.3) is 0 Å². The molecule has 1 radical (unpaired) electrons. The third-order valence-corrected chi connectivity index (χ3v) is 4.25. The molecule has 0 N–H and O–H groups in total. The second kappa shape index (κ2) is 6.14. The maximum Gasteiger partial charge on any atom is 0.417 e. The van der Waals surface area contributed by atoms with Crippen LogP contribution in [-0.4, -0.2) is 14.5 Å². The summed E-state index contributed by atoms with van der Waals surface area (Å²) >= 11 is 5.92. The van der Waals surface area contributed by atoms with E-state index in [0.29, 0.717) is 11.3 Å². The van der Waals surface area contributed by atoms with Crippen molar-refractivity contribution in [3.8, 4) is 17.1 Å². The molecule has 2 heterocycles. The van der Waals surface area contributed by atoms with Crippen molar-refractivity contribution in [2.45, 2.75) is 6.18 Å². The molecule has 0 saturated carbocycles. The average Bonchev–Trinajstić information content (AvgIpc) is 3.00. The summed E-state index contributed by atoms with van der Waals surface area (Å²) in [5.41, 5.74) is 1.23. The molecule has 4 rings (SSSR count). The van der Waals surface area contributed by atoms with E-state index in [0.717, 1.165) is 17.3 Å². The lowest BCUT2D eigenvalue weighted by Crippen LogP contribution is -2.06. The van der Waals surface area contributed by atoms with Crippen LogP contribution < -0.4 is 0 Å². The Kier molecular flexibility index (Phi) is 3.92. The number of halogens is 4. The Labute approximate surface area is 151 Å².